The van der Waals surface area contributed by atoms with Crippen LogP contribution in [-0.4, -0.2) is 15.8 Å². The molecule has 0 aliphatic rings. The van der Waals surface area contributed by atoms with Crippen molar-refractivity contribution >= 4 is 16.7 Å². The number of ketones is 1. The summed E-state index contributed by atoms with van der Waals surface area (Å²) in [5.41, 5.74) is 2.32. The number of hydrogen-bond donors (Lipinski definition) is 0. The van der Waals surface area contributed by atoms with E-state index in [1.165, 1.54) is 12.1 Å². The number of benzene rings is 1. The van der Waals surface area contributed by atoms with Gasteiger partial charge in [0.2, 0.25) is 0 Å². The van der Waals surface area contributed by atoms with Gasteiger partial charge in [0.05, 0.1) is 23.5 Å². The van der Waals surface area contributed by atoms with Gasteiger partial charge in [-0.05, 0) is 43.3 Å². The van der Waals surface area contributed by atoms with Crippen molar-refractivity contribution in [3.63, 3.8) is 0 Å². The Morgan fingerprint density at radius 1 is 1.22 bits per heavy atom. The van der Waals surface area contributed by atoms with Gasteiger partial charge in [-0.3, -0.25) is 14.8 Å². The van der Waals surface area contributed by atoms with Crippen molar-refractivity contribution in [2.75, 3.05) is 0 Å². The lowest BCUT2D eigenvalue weighted by Crippen LogP contribution is -2.12. The summed E-state index contributed by atoms with van der Waals surface area (Å²) in [6.07, 6.45) is 1.00. The molecular weight excluding hydrogens is 293 g/mol. The first-order valence-corrected chi connectivity index (χ1v) is 7.01. The maximum Gasteiger partial charge on any atom is 0.186 e. The highest BCUT2D eigenvalue weighted by molar-refractivity contribution is 6.04. The number of rotatable bonds is 3. The average Bonchev–Trinajstić information content (AvgIpc) is 2.56. The third-order valence-corrected chi connectivity index (χ3v) is 3.55. The van der Waals surface area contributed by atoms with Crippen LogP contribution in [0.1, 0.15) is 27.7 Å². The van der Waals surface area contributed by atoms with Gasteiger partial charge in [-0.25, -0.2) is 4.39 Å². The van der Waals surface area contributed by atoms with E-state index in [0.29, 0.717) is 5.56 Å². The molecule has 2 heterocycles. The molecule has 0 aliphatic heterocycles. The molecule has 5 heteroatoms. The van der Waals surface area contributed by atoms with Crippen molar-refractivity contribution in [2.24, 2.45) is 0 Å². The van der Waals surface area contributed by atoms with Crippen LogP contribution in [-0.2, 0) is 0 Å². The van der Waals surface area contributed by atoms with Gasteiger partial charge in [0.25, 0.3) is 0 Å². The van der Waals surface area contributed by atoms with E-state index in [1.54, 1.807) is 18.2 Å². The zero-order valence-electron chi connectivity index (χ0n) is 12.3. The molecule has 0 spiro atoms. The predicted octanol–water partition coefficient (Wildman–Crippen LogP) is 3.57. The summed E-state index contributed by atoms with van der Waals surface area (Å²) in [5.74, 6) is -1.94. The highest BCUT2D eigenvalue weighted by atomic mass is 19.1. The summed E-state index contributed by atoms with van der Waals surface area (Å²) in [5, 5.41) is 10.1. The Morgan fingerprint density at radius 2 is 2.04 bits per heavy atom. The van der Waals surface area contributed by atoms with Gasteiger partial charge in [0.15, 0.2) is 11.7 Å². The van der Waals surface area contributed by atoms with Gasteiger partial charge < -0.3 is 0 Å². The number of carbonyl (C=O) groups is 1. The quantitative estimate of drug-likeness (QED) is 0.694. The highest BCUT2D eigenvalue weighted by Crippen LogP contribution is 2.22. The Balaban J connectivity index is 1.99. The predicted molar refractivity (Wildman–Crippen MR) is 83.4 cm³/mol. The van der Waals surface area contributed by atoms with Crippen LogP contribution in [0, 0.1) is 24.1 Å². The molecule has 0 aliphatic carbocycles. The van der Waals surface area contributed by atoms with Gasteiger partial charge in [0.1, 0.15) is 5.82 Å². The first kappa shape index (κ1) is 14.8. The second-order valence-electron chi connectivity index (χ2n) is 5.19. The van der Waals surface area contributed by atoms with Gasteiger partial charge in [-0.1, -0.05) is 6.07 Å². The van der Waals surface area contributed by atoms with Crippen molar-refractivity contribution in [2.45, 2.75) is 12.8 Å². The number of nitriles is 1. The number of halogens is 1. The Hall–Kier alpha value is -3.13. The lowest BCUT2D eigenvalue weighted by molar-refractivity contribution is 0.0977. The lowest BCUT2D eigenvalue weighted by atomic mass is 9.94. The minimum atomic E-state index is -1.06. The first-order chi connectivity index (χ1) is 11.1. The molecule has 1 aromatic carbocycles. The highest BCUT2D eigenvalue weighted by Gasteiger charge is 2.23. The minimum absolute atomic E-state index is 0.237. The molecule has 0 unspecified atom stereocenters. The molecule has 1 atom stereocenters. The Labute approximate surface area is 132 Å². The lowest BCUT2D eigenvalue weighted by Gasteiger charge is -2.08. The summed E-state index contributed by atoms with van der Waals surface area (Å²) in [6, 6.07) is 13.3. The maximum absolute atomic E-state index is 12.9. The molecule has 0 N–H and O–H groups in total. The topological polar surface area (TPSA) is 66.6 Å². The van der Waals surface area contributed by atoms with E-state index in [2.05, 4.69) is 9.97 Å². The zero-order valence-corrected chi connectivity index (χ0v) is 12.3. The number of aromatic nitrogens is 2. The zero-order chi connectivity index (χ0) is 16.4. The molecule has 0 bridgehead atoms. The van der Waals surface area contributed by atoms with Crippen LogP contribution < -0.4 is 0 Å². The number of fused-ring (bicyclic) bond motifs is 1. The molecule has 2 aromatic heterocycles. The van der Waals surface area contributed by atoms with Crippen molar-refractivity contribution in [1.82, 2.24) is 9.97 Å². The number of carbonyl (C=O) groups excluding carboxylic acids is 1. The first-order valence-electron chi connectivity index (χ1n) is 7.01. The van der Waals surface area contributed by atoms with Crippen molar-refractivity contribution in [3.05, 3.63) is 71.4 Å². The summed E-state index contributed by atoms with van der Waals surface area (Å²) >= 11 is 0. The molecule has 112 valence electrons. The summed E-state index contributed by atoms with van der Waals surface area (Å²) in [4.78, 5) is 20.8. The summed E-state index contributed by atoms with van der Waals surface area (Å²) in [7, 11) is 0. The smallest absolute Gasteiger partial charge is 0.186 e. The van der Waals surface area contributed by atoms with Crippen molar-refractivity contribution < 1.29 is 9.18 Å². The minimum Gasteiger partial charge on any atom is -0.292 e. The van der Waals surface area contributed by atoms with Gasteiger partial charge in [0, 0.05) is 16.6 Å². The fraction of sp³-hybridized carbons (Fsp3) is 0.111. The number of pyridine rings is 2. The number of hydrogen-bond acceptors (Lipinski definition) is 4. The van der Waals surface area contributed by atoms with Gasteiger partial charge >= 0.3 is 0 Å². The molecule has 0 amide bonds. The monoisotopic (exact) mass is 305 g/mol. The van der Waals surface area contributed by atoms with E-state index in [9.17, 15) is 14.4 Å². The molecule has 4 nitrogen and oxygen atoms in total. The van der Waals surface area contributed by atoms with Crippen LogP contribution in [0.15, 0.2) is 48.7 Å². The maximum atomic E-state index is 12.9. The molecule has 0 saturated carbocycles. The Morgan fingerprint density at radius 3 is 2.74 bits per heavy atom. The van der Waals surface area contributed by atoms with E-state index in [1.807, 2.05) is 25.1 Å². The van der Waals surface area contributed by atoms with Crippen LogP contribution in [0.3, 0.4) is 0 Å². The second kappa shape index (κ2) is 5.93. The van der Waals surface area contributed by atoms with Crippen molar-refractivity contribution in [3.8, 4) is 6.07 Å². The van der Waals surface area contributed by atoms with Crippen LogP contribution in [0.25, 0.3) is 10.9 Å². The average molecular weight is 305 g/mol. The van der Waals surface area contributed by atoms with Gasteiger partial charge in [-0.15, -0.1) is 0 Å². The Bertz CT molecular complexity index is 929. The molecule has 0 fully saturated rings. The standard InChI is InChI=1S/C18H12FN3O/c1-11-2-3-12-8-13(4-6-16(12)22-11)18(23)15(9-20)17-7-5-14(19)10-21-17/h2-8,10,15H,1H3/t15-/m0/s1. The molecule has 3 rings (SSSR count). The van der Waals surface area contributed by atoms with E-state index < -0.39 is 11.7 Å². The van der Waals surface area contributed by atoms with E-state index in [-0.39, 0.29) is 11.5 Å². The van der Waals surface area contributed by atoms with E-state index >= 15 is 0 Å². The van der Waals surface area contributed by atoms with Crippen LogP contribution in [0.4, 0.5) is 4.39 Å². The van der Waals surface area contributed by atoms with Crippen LogP contribution in [0.2, 0.25) is 0 Å². The SMILES string of the molecule is Cc1ccc2cc(C(=O)[C@@H](C#N)c3ccc(F)cn3)ccc2n1. The van der Waals surface area contributed by atoms with Crippen LogP contribution in [0.5, 0.6) is 0 Å². The second-order valence-corrected chi connectivity index (χ2v) is 5.19. The number of aryl methyl sites for hydroxylation is 1. The fourth-order valence-corrected chi connectivity index (χ4v) is 2.36. The third kappa shape index (κ3) is 2.92. The Kier molecular flexibility index (Phi) is 3.82. The van der Waals surface area contributed by atoms with Crippen molar-refractivity contribution in [1.29, 1.82) is 5.26 Å². The van der Waals surface area contributed by atoms with Gasteiger partial charge in [-0.2, -0.15) is 5.26 Å². The van der Waals surface area contributed by atoms with E-state index in [0.717, 1.165) is 22.8 Å². The molecule has 0 radical (unpaired) electrons. The molecule has 3 aromatic rings. The summed E-state index contributed by atoms with van der Waals surface area (Å²) < 4.78 is 12.9. The van der Waals surface area contributed by atoms with Crippen LogP contribution >= 0.6 is 0 Å². The fourth-order valence-electron chi connectivity index (χ4n) is 2.36. The third-order valence-electron chi connectivity index (χ3n) is 3.55. The summed E-state index contributed by atoms with van der Waals surface area (Å²) in [6.45, 7) is 1.89. The normalized spacial score (nSPS) is 11.9. The van der Waals surface area contributed by atoms with E-state index in [4.69, 9.17) is 0 Å². The molecule has 0 saturated heterocycles. The molecule has 23 heavy (non-hydrogen) atoms. The molecular formula is C18H12FN3O. The largest absolute Gasteiger partial charge is 0.292 e. The number of nitrogens with zero attached hydrogens (tertiary/aromatic N) is 3. The number of Topliss-reactive ketones (excluding diaryl/α,β-unsaturated/α-hetero) is 1.